The number of nitro groups is 1. The van der Waals surface area contributed by atoms with Gasteiger partial charge in [-0.3, -0.25) is 14.9 Å². The number of rotatable bonds is 6. The first-order chi connectivity index (χ1) is 14.4. The largest absolute Gasteiger partial charge is 0.397 e. The van der Waals surface area contributed by atoms with Crippen molar-refractivity contribution in [2.75, 3.05) is 16.4 Å². The zero-order chi connectivity index (χ0) is 21.5. The lowest BCUT2D eigenvalue weighted by Crippen LogP contribution is -2.39. The smallest absolute Gasteiger partial charge is 0.269 e. The van der Waals surface area contributed by atoms with Crippen molar-refractivity contribution in [3.05, 3.63) is 94.5 Å². The maximum Gasteiger partial charge on any atom is 0.269 e. The van der Waals surface area contributed by atoms with Crippen LogP contribution in [-0.2, 0) is 4.79 Å². The van der Waals surface area contributed by atoms with E-state index in [4.69, 9.17) is 18.0 Å². The van der Waals surface area contributed by atoms with E-state index in [1.165, 1.54) is 24.3 Å². The molecule has 5 N–H and O–H groups in total. The van der Waals surface area contributed by atoms with Gasteiger partial charge in [0.25, 0.3) is 11.6 Å². The molecule has 0 saturated carbocycles. The van der Waals surface area contributed by atoms with E-state index in [1.54, 1.807) is 30.3 Å². The molecule has 152 valence electrons. The summed E-state index contributed by atoms with van der Waals surface area (Å²) in [6.07, 6.45) is 0. The monoisotopic (exact) mass is 421 g/mol. The Bertz CT molecular complexity index is 1060. The number of nitrogens with one attached hydrogen (secondary N) is 3. The normalized spacial score (nSPS) is 11.2. The van der Waals surface area contributed by atoms with Crippen LogP contribution in [0.4, 0.5) is 22.7 Å². The summed E-state index contributed by atoms with van der Waals surface area (Å²) >= 11 is 5.37. The number of hydrogen-bond acceptors (Lipinski definition) is 5. The number of non-ortho nitro benzene ring substituents is 1. The Morgan fingerprint density at radius 3 is 2.20 bits per heavy atom. The molecule has 3 aromatic rings. The van der Waals surface area contributed by atoms with Gasteiger partial charge in [-0.25, -0.2) is 0 Å². The molecule has 1 unspecified atom stereocenters. The Kier molecular flexibility index (Phi) is 6.56. The number of para-hydroxylation sites is 2. The van der Waals surface area contributed by atoms with Crippen molar-refractivity contribution < 1.29 is 9.72 Å². The highest BCUT2D eigenvalue weighted by Gasteiger charge is 2.22. The molecular weight excluding hydrogens is 402 g/mol. The van der Waals surface area contributed by atoms with Crippen LogP contribution in [0.3, 0.4) is 0 Å². The van der Waals surface area contributed by atoms with Gasteiger partial charge in [0.05, 0.1) is 16.3 Å². The minimum absolute atomic E-state index is 0.0587. The van der Waals surface area contributed by atoms with Gasteiger partial charge in [-0.2, -0.15) is 0 Å². The fraction of sp³-hybridized carbons (Fsp3) is 0.0476. The van der Waals surface area contributed by atoms with E-state index in [2.05, 4.69) is 16.0 Å². The van der Waals surface area contributed by atoms with Gasteiger partial charge in [-0.1, -0.05) is 42.5 Å². The maximum atomic E-state index is 13.0. The highest BCUT2D eigenvalue weighted by molar-refractivity contribution is 7.80. The predicted octanol–water partition coefficient (Wildman–Crippen LogP) is 3.84. The molecule has 0 bridgehead atoms. The molecule has 0 spiro atoms. The molecule has 1 amide bonds. The van der Waals surface area contributed by atoms with Crippen molar-refractivity contribution in [1.82, 2.24) is 5.32 Å². The second-order valence-corrected chi connectivity index (χ2v) is 6.73. The minimum Gasteiger partial charge on any atom is -0.397 e. The standard InChI is InChI=1S/C21H19N5O3S/c22-17-8-4-5-9-18(17)24-21(30)25-19(14-6-2-1-3-7-14)20(27)23-15-10-12-16(13-11-15)26(28)29/h1-13,19H,22H2,(H,23,27)(H2,24,25,30). The lowest BCUT2D eigenvalue weighted by molar-refractivity contribution is -0.384. The van der Waals surface area contributed by atoms with E-state index in [1.807, 2.05) is 24.3 Å². The highest BCUT2D eigenvalue weighted by Crippen LogP contribution is 2.20. The summed E-state index contributed by atoms with van der Waals surface area (Å²) in [4.78, 5) is 23.3. The van der Waals surface area contributed by atoms with E-state index in [0.29, 0.717) is 22.6 Å². The second-order valence-electron chi connectivity index (χ2n) is 6.32. The number of carbonyl (C=O) groups is 1. The van der Waals surface area contributed by atoms with Crippen molar-refractivity contribution >= 4 is 46.0 Å². The van der Waals surface area contributed by atoms with Crippen molar-refractivity contribution in [1.29, 1.82) is 0 Å². The number of carbonyl (C=O) groups excluding carboxylic acids is 1. The Hall–Kier alpha value is -3.98. The lowest BCUT2D eigenvalue weighted by Gasteiger charge is -2.21. The van der Waals surface area contributed by atoms with Crippen LogP contribution >= 0.6 is 12.2 Å². The van der Waals surface area contributed by atoms with Crippen molar-refractivity contribution in [3.63, 3.8) is 0 Å². The summed E-state index contributed by atoms with van der Waals surface area (Å²) in [7, 11) is 0. The summed E-state index contributed by atoms with van der Waals surface area (Å²) in [6, 6.07) is 21.0. The third-order valence-corrected chi connectivity index (χ3v) is 4.45. The molecule has 8 nitrogen and oxygen atoms in total. The molecule has 9 heteroatoms. The van der Waals surface area contributed by atoms with Gasteiger partial charge >= 0.3 is 0 Å². The summed E-state index contributed by atoms with van der Waals surface area (Å²) in [5.41, 5.74) is 8.14. The maximum absolute atomic E-state index is 13.0. The van der Waals surface area contributed by atoms with Crippen molar-refractivity contribution in [2.24, 2.45) is 0 Å². The van der Waals surface area contributed by atoms with E-state index in [9.17, 15) is 14.9 Å². The number of nitrogen functional groups attached to an aromatic ring is 1. The third kappa shape index (κ3) is 5.30. The molecule has 0 radical (unpaired) electrons. The van der Waals surface area contributed by atoms with Gasteiger partial charge in [-0.05, 0) is 42.0 Å². The Labute approximate surface area is 178 Å². The first-order valence-corrected chi connectivity index (χ1v) is 9.37. The van der Waals surface area contributed by atoms with E-state index >= 15 is 0 Å². The molecular formula is C21H19N5O3S. The number of anilines is 3. The molecule has 1 atom stereocenters. The van der Waals surface area contributed by atoms with Gasteiger partial charge < -0.3 is 21.7 Å². The van der Waals surface area contributed by atoms with Gasteiger partial charge in [-0.15, -0.1) is 0 Å². The number of thiocarbonyl (C=S) groups is 1. The number of benzene rings is 3. The average Bonchev–Trinajstić information content (AvgIpc) is 2.74. The van der Waals surface area contributed by atoms with Crippen LogP contribution in [0.15, 0.2) is 78.9 Å². The number of hydrogen-bond donors (Lipinski definition) is 4. The van der Waals surface area contributed by atoms with Crippen LogP contribution in [0.25, 0.3) is 0 Å². The molecule has 0 fully saturated rings. The second kappa shape index (κ2) is 9.48. The first kappa shape index (κ1) is 20.7. The first-order valence-electron chi connectivity index (χ1n) is 8.96. The predicted molar refractivity (Wildman–Crippen MR) is 121 cm³/mol. The van der Waals surface area contributed by atoms with Crippen LogP contribution in [-0.4, -0.2) is 15.9 Å². The summed E-state index contributed by atoms with van der Waals surface area (Å²) in [5.74, 6) is -0.375. The van der Waals surface area contributed by atoms with Crippen LogP contribution in [0.2, 0.25) is 0 Å². The minimum atomic E-state index is -0.800. The van der Waals surface area contributed by atoms with Gasteiger partial charge in [0, 0.05) is 17.8 Å². The molecule has 0 aromatic heterocycles. The highest BCUT2D eigenvalue weighted by atomic mass is 32.1. The van der Waals surface area contributed by atoms with E-state index in [-0.39, 0.29) is 16.7 Å². The Balaban J connectivity index is 1.77. The molecule has 0 heterocycles. The topological polar surface area (TPSA) is 122 Å². The van der Waals surface area contributed by atoms with Gasteiger partial charge in [0.2, 0.25) is 0 Å². The zero-order valence-electron chi connectivity index (χ0n) is 15.7. The van der Waals surface area contributed by atoms with E-state index in [0.717, 1.165) is 0 Å². The quantitative estimate of drug-likeness (QED) is 0.206. The molecule has 3 aromatic carbocycles. The average molecular weight is 421 g/mol. The van der Waals surface area contributed by atoms with Gasteiger partial charge in [0.1, 0.15) is 6.04 Å². The summed E-state index contributed by atoms with van der Waals surface area (Å²) in [6.45, 7) is 0. The van der Waals surface area contributed by atoms with Crippen molar-refractivity contribution in [3.8, 4) is 0 Å². The number of nitrogens with zero attached hydrogens (tertiary/aromatic N) is 1. The molecule has 0 aliphatic heterocycles. The summed E-state index contributed by atoms with van der Waals surface area (Å²) < 4.78 is 0. The Morgan fingerprint density at radius 1 is 0.933 bits per heavy atom. The van der Waals surface area contributed by atoms with Crippen LogP contribution in [0.5, 0.6) is 0 Å². The number of nitro benzene ring substituents is 1. The fourth-order valence-corrected chi connectivity index (χ4v) is 2.95. The van der Waals surface area contributed by atoms with Crippen LogP contribution in [0.1, 0.15) is 11.6 Å². The molecule has 0 saturated heterocycles. The zero-order valence-corrected chi connectivity index (χ0v) is 16.6. The molecule has 0 aliphatic rings. The fourth-order valence-electron chi connectivity index (χ4n) is 2.73. The van der Waals surface area contributed by atoms with Crippen LogP contribution in [0, 0.1) is 10.1 Å². The van der Waals surface area contributed by atoms with Crippen molar-refractivity contribution in [2.45, 2.75) is 6.04 Å². The van der Waals surface area contributed by atoms with Crippen LogP contribution < -0.4 is 21.7 Å². The molecule has 0 aliphatic carbocycles. The number of amides is 1. The third-order valence-electron chi connectivity index (χ3n) is 4.23. The lowest BCUT2D eigenvalue weighted by atomic mass is 10.1. The van der Waals surface area contributed by atoms with E-state index < -0.39 is 11.0 Å². The SMILES string of the molecule is Nc1ccccc1NC(=S)NC(C(=O)Nc1ccc([N+](=O)[O-])cc1)c1ccccc1. The summed E-state index contributed by atoms with van der Waals surface area (Å²) in [5, 5.41) is 19.8. The molecule has 3 rings (SSSR count). The van der Waals surface area contributed by atoms with Gasteiger partial charge in [0.15, 0.2) is 5.11 Å². The number of nitrogens with two attached hydrogens (primary N) is 1. The molecule has 30 heavy (non-hydrogen) atoms. The Morgan fingerprint density at radius 2 is 1.57 bits per heavy atom.